The number of hydrogen-bond donors (Lipinski definition) is 2. The molecule has 0 saturated heterocycles. The third kappa shape index (κ3) is 6.12. The van der Waals surface area contributed by atoms with Crippen molar-refractivity contribution >= 4 is 11.9 Å². The van der Waals surface area contributed by atoms with Crippen LogP contribution >= 0.6 is 0 Å². The van der Waals surface area contributed by atoms with E-state index < -0.39 is 18.6 Å². The molecule has 1 aromatic carbocycles. The second-order valence-corrected chi connectivity index (χ2v) is 6.01. The van der Waals surface area contributed by atoms with Crippen LogP contribution < -0.4 is 15.4 Å². The summed E-state index contributed by atoms with van der Waals surface area (Å²) in [6.45, 7) is -0.250. The predicted molar refractivity (Wildman–Crippen MR) is 92.4 cm³/mol. The molecule has 1 heterocycles. The minimum atomic E-state index is -4.41. The molecular formula is C17H23F3N4O2. The number of rotatable bonds is 6. The van der Waals surface area contributed by atoms with Gasteiger partial charge in [-0.2, -0.15) is 13.2 Å². The highest BCUT2D eigenvalue weighted by Gasteiger charge is 2.31. The largest absolute Gasteiger partial charge is 0.493 e. The van der Waals surface area contributed by atoms with Crippen molar-refractivity contribution in [3.8, 4) is 5.75 Å². The summed E-state index contributed by atoms with van der Waals surface area (Å²) in [5.74, 6) is 0.632. The summed E-state index contributed by atoms with van der Waals surface area (Å²) in [7, 11) is 2.65. The number of nitrogens with one attached hydrogen (secondary N) is 2. The Labute approximate surface area is 150 Å². The first kappa shape index (κ1) is 19.9. The van der Waals surface area contributed by atoms with Crippen LogP contribution in [0.2, 0.25) is 0 Å². The smallest absolute Gasteiger partial charge is 0.406 e. The molecule has 0 spiro atoms. The molecule has 1 aromatic rings. The van der Waals surface area contributed by atoms with Crippen LogP contribution in [0.15, 0.2) is 23.2 Å². The van der Waals surface area contributed by atoms with E-state index in [4.69, 9.17) is 4.74 Å². The van der Waals surface area contributed by atoms with Gasteiger partial charge in [0.25, 0.3) is 0 Å². The van der Waals surface area contributed by atoms with E-state index in [0.717, 1.165) is 31.2 Å². The lowest BCUT2D eigenvalue weighted by molar-refractivity contribution is -0.157. The monoisotopic (exact) mass is 372 g/mol. The number of hydrogen-bond acceptors (Lipinski definition) is 3. The molecule has 1 aliphatic heterocycles. The van der Waals surface area contributed by atoms with E-state index in [1.165, 1.54) is 12.6 Å². The minimum Gasteiger partial charge on any atom is -0.493 e. The Balaban J connectivity index is 1.73. The lowest BCUT2D eigenvalue weighted by Gasteiger charge is -2.20. The quantitative estimate of drug-likeness (QED) is 0.585. The Morgan fingerprint density at radius 2 is 2.12 bits per heavy atom. The van der Waals surface area contributed by atoms with Crippen molar-refractivity contribution in [3.05, 3.63) is 29.3 Å². The average Bonchev–Trinajstić information content (AvgIpc) is 3.03. The van der Waals surface area contributed by atoms with Crippen LogP contribution in [0, 0.1) is 0 Å². The summed E-state index contributed by atoms with van der Waals surface area (Å²) in [5.41, 5.74) is 2.35. The number of likely N-dealkylation sites (N-methyl/N-ethyl adjacent to an activating group) is 1. The van der Waals surface area contributed by atoms with Crippen LogP contribution in [-0.2, 0) is 17.6 Å². The zero-order chi connectivity index (χ0) is 19.2. The number of guanidine groups is 1. The molecule has 144 valence electrons. The Bertz CT molecular complexity index is 662. The second kappa shape index (κ2) is 8.77. The SMILES string of the molecule is CN=C(NCCc1ccc2c(c1)CCO2)NCC(=O)N(C)CC(F)(F)F. The Kier molecular flexibility index (Phi) is 6.70. The van der Waals surface area contributed by atoms with Crippen LogP contribution in [0.4, 0.5) is 13.2 Å². The average molecular weight is 372 g/mol. The van der Waals surface area contributed by atoms with Gasteiger partial charge in [0, 0.05) is 27.1 Å². The van der Waals surface area contributed by atoms with Gasteiger partial charge in [-0.25, -0.2) is 0 Å². The highest BCUT2D eigenvalue weighted by atomic mass is 19.4. The van der Waals surface area contributed by atoms with E-state index in [0.29, 0.717) is 24.0 Å². The molecule has 0 aromatic heterocycles. The van der Waals surface area contributed by atoms with Crippen LogP contribution in [0.5, 0.6) is 5.75 Å². The van der Waals surface area contributed by atoms with Crippen molar-refractivity contribution in [1.29, 1.82) is 0 Å². The maximum absolute atomic E-state index is 12.3. The maximum atomic E-state index is 12.3. The van der Waals surface area contributed by atoms with E-state index in [9.17, 15) is 18.0 Å². The van der Waals surface area contributed by atoms with Gasteiger partial charge in [-0.15, -0.1) is 0 Å². The van der Waals surface area contributed by atoms with Crippen LogP contribution in [0.25, 0.3) is 0 Å². The summed E-state index contributed by atoms with van der Waals surface area (Å²) in [5, 5.41) is 5.77. The minimum absolute atomic E-state index is 0.261. The molecule has 2 N–H and O–H groups in total. The number of fused-ring (bicyclic) bond motifs is 1. The summed E-state index contributed by atoms with van der Waals surface area (Å²) >= 11 is 0. The normalized spacial score (nSPS) is 13.8. The molecule has 6 nitrogen and oxygen atoms in total. The highest BCUT2D eigenvalue weighted by Crippen LogP contribution is 2.25. The van der Waals surface area contributed by atoms with Crippen molar-refractivity contribution in [1.82, 2.24) is 15.5 Å². The van der Waals surface area contributed by atoms with E-state index in [1.54, 1.807) is 0 Å². The van der Waals surface area contributed by atoms with Gasteiger partial charge in [0.15, 0.2) is 5.96 Å². The zero-order valence-corrected chi connectivity index (χ0v) is 14.8. The van der Waals surface area contributed by atoms with E-state index in [2.05, 4.69) is 21.7 Å². The molecule has 0 atom stereocenters. The fourth-order valence-corrected chi connectivity index (χ4v) is 2.59. The van der Waals surface area contributed by atoms with Crippen LogP contribution in [-0.4, -0.2) is 63.3 Å². The third-order valence-electron chi connectivity index (χ3n) is 3.93. The highest BCUT2D eigenvalue weighted by molar-refractivity contribution is 5.86. The first-order chi connectivity index (χ1) is 12.3. The fourth-order valence-electron chi connectivity index (χ4n) is 2.59. The number of halogens is 3. The van der Waals surface area contributed by atoms with Gasteiger partial charge in [-0.1, -0.05) is 12.1 Å². The third-order valence-corrected chi connectivity index (χ3v) is 3.93. The number of aliphatic imine (C=N–C) groups is 1. The van der Waals surface area contributed by atoms with Gasteiger partial charge >= 0.3 is 6.18 Å². The lowest BCUT2D eigenvalue weighted by Crippen LogP contribution is -2.45. The second-order valence-electron chi connectivity index (χ2n) is 6.01. The molecule has 1 amide bonds. The molecule has 1 aliphatic rings. The van der Waals surface area contributed by atoms with Crippen molar-refractivity contribution in [2.24, 2.45) is 4.99 Å². The first-order valence-corrected chi connectivity index (χ1v) is 8.28. The van der Waals surface area contributed by atoms with E-state index >= 15 is 0 Å². The van der Waals surface area contributed by atoms with Gasteiger partial charge in [0.05, 0.1) is 13.2 Å². The van der Waals surface area contributed by atoms with Gasteiger partial charge in [-0.3, -0.25) is 9.79 Å². The van der Waals surface area contributed by atoms with Gasteiger partial charge in [0.2, 0.25) is 5.91 Å². The van der Waals surface area contributed by atoms with Gasteiger partial charge < -0.3 is 20.3 Å². The molecule has 0 bridgehead atoms. The Morgan fingerprint density at radius 1 is 1.35 bits per heavy atom. The van der Waals surface area contributed by atoms with Crippen LogP contribution in [0.3, 0.4) is 0 Å². The number of alkyl halides is 3. The topological polar surface area (TPSA) is 66.0 Å². The van der Waals surface area contributed by atoms with Gasteiger partial charge in [0.1, 0.15) is 12.3 Å². The molecule has 2 rings (SSSR count). The summed E-state index contributed by atoms with van der Waals surface area (Å²) < 4.78 is 42.3. The number of carbonyl (C=O) groups is 1. The number of nitrogens with zero attached hydrogens (tertiary/aromatic N) is 2. The zero-order valence-electron chi connectivity index (χ0n) is 14.8. The summed E-state index contributed by atoms with van der Waals surface area (Å²) in [4.78, 5) is 16.3. The molecule has 0 unspecified atom stereocenters. The number of ether oxygens (including phenoxy) is 1. The maximum Gasteiger partial charge on any atom is 0.406 e. The van der Waals surface area contributed by atoms with Crippen LogP contribution in [0.1, 0.15) is 11.1 Å². The van der Waals surface area contributed by atoms with Crippen molar-refractivity contribution in [2.45, 2.75) is 19.0 Å². The van der Waals surface area contributed by atoms with Crippen molar-refractivity contribution in [2.75, 3.05) is 40.3 Å². The Morgan fingerprint density at radius 3 is 2.81 bits per heavy atom. The summed E-state index contributed by atoms with van der Waals surface area (Å²) in [6, 6.07) is 6.06. The molecule has 26 heavy (non-hydrogen) atoms. The molecule has 0 saturated carbocycles. The molecule has 0 radical (unpaired) electrons. The van der Waals surface area contributed by atoms with Crippen molar-refractivity contribution < 1.29 is 22.7 Å². The molecule has 0 aliphatic carbocycles. The lowest BCUT2D eigenvalue weighted by atomic mass is 10.1. The van der Waals surface area contributed by atoms with Crippen molar-refractivity contribution in [3.63, 3.8) is 0 Å². The van der Waals surface area contributed by atoms with Gasteiger partial charge in [-0.05, 0) is 23.6 Å². The first-order valence-electron chi connectivity index (χ1n) is 8.28. The fraction of sp³-hybridized carbons (Fsp3) is 0.529. The number of carbonyl (C=O) groups excluding carboxylic acids is 1. The number of benzene rings is 1. The standard InChI is InChI=1S/C17H23F3N4O2/c1-21-16(23-10-15(25)24(2)11-17(18,19)20)22-7-5-12-3-4-14-13(9-12)6-8-26-14/h3-4,9H,5-8,10-11H2,1-2H3,(H2,21,22,23). The molecular weight excluding hydrogens is 349 g/mol. The van der Waals surface area contributed by atoms with E-state index in [1.807, 2.05) is 12.1 Å². The summed E-state index contributed by atoms with van der Waals surface area (Å²) in [6.07, 6.45) is -2.76. The molecule has 0 fully saturated rings. The van der Waals surface area contributed by atoms with E-state index in [-0.39, 0.29) is 6.54 Å². The number of amides is 1. The predicted octanol–water partition coefficient (Wildman–Crippen LogP) is 1.35. The Hall–Kier alpha value is -2.45. The molecule has 9 heteroatoms.